The maximum absolute atomic E-state index is 5.38. The zero-order chi connectivity index (χ0) is 16.9. The van der Waals surface area contributed by atoms with E-state index in [1.807, 2.05) is 38.1 Å². The Morgan fingerprint density at radius 2 is 2.21 bits per heavy atom. The number of aromatic nitrogens is 6. The van der Waals surface area contributed by atoms with E-state index in [0.29, 0.717) is 11.0 Å². The third kappa shape index (κ3) is 3.81. The summed E-state index contributed by atoms with van der Waals surface area (Å²) in [6.07, 6.45) is 3.02. The molecule has 1 unspecified atom stereocenters. The molecule has 1 aromatic carbocycles. The highest BCUT2D eigenvalue weighted by molar-refractivity contribution is 7.99. The fourth-order valence-corrected chi connectivity index (χ4v) is 3.09. The summed E-state index contributed by atoms with van der Waals surface area (Å²) >= 11 is 1.50. The van der Waals surface area contributed by atoms with Gasteiger partial charge in [0.05, 0.1) is 10.9 Å². The molecule has 0 spiro atoms. The minimum atomic E-state index is -0.0255. The molecule has 0 aliphatic rings. The van der Waals surface area contributed by atoms with Crippen molar-refractivity contribution in [1.29, 1.82) is 0 Å². The van der Waals surface area contributed by atoms with Gasteiger partial charge in [-0.3, -0.25) is 0 Å². The summed E-state index contributed by atoms with van der Waals surface area (Å²) in [6, 6.07) is 8.05. The average molecular weight is 344 g/mol. The largest absolute Gasteiger partial charge is 0.338 e. The molecule has 0 bridgehead atoms. The summed E-state index contributed by atoms with van der Waals surface area (Å²) in [4.78, 5) is 4.47. The molecule has 0 aliphatic carbocycles. The molecule has 3 aromatic rings. The van der Waals surface area contributed by atoms with Gasteiger partial charge < -0.3 is 4.52 Å². The molecule has 0 fully saturated rings. The first-order valence-corrected chi connectivity index (χ1v) is 8.90. The fraction of sp³-hybridized carbons (Fsp3) is 0.438. The van der Waals surface area contributed by atoms with Crippen molar-refractivity contribution in [2.24, 2.45) is 0 Å². The van der Waals surface area contributed by atoms with Gasteiger partial charge >= 0.3 is 0 Å². The Balaban J connectivity index is 1.74. The van der Waals surface area contributed by atoms with Gasteiger partial charge in [0.25, 0.3) is 0 Å². The Hall–Kier alpha value is -2.22. The van der Waals surface area contributed by atoms with Crippen molar-refractivity contribution in [2.45, 2.75) is 50.4 Å². The van der Waals surface area contributed by atoms with Gasteiger partial charge in [-0.15, -0.1) is 5.10 Å². The van der Waals surface area contributed by atoms with E-state index < -0.39 is 0 Å². The number of hydrogen-bond donors (Lipinski definition) is 0. The molecule has 126 valence electrons. The van der Waals surface area contributed by atoms with Crippen LogP contribution >= 0.6 is 11.8 Å². The Morgan fingerprint density at radius 1 is 1.33 bits per heavy atom. The lowest BCUT2D eigenvalue weighted by Gasteiger charge is -2.07. The van der Waals surface area contributed by atoms with Crippen molar-refractivity contribution in [3.8, 4) is 5.69 Å². The van der Waals surface area contributed by atoms with Crippen LogP contribution in [0.25, 0.3) is 5.69 Å². The van der Waals surface area contributed by atoms with Crippen molar-refractivity contribution >= 4 is 11.8 Å². The van der Waals surface area contributed by atoms with Crippen LogP contribution < -0.4 is 0 Å². The van der Waals surface area contributed by atoms with Crippen molar-refractivity contribution in [1.82, 2.24) is 30.3 Å². The summed E-state index contributed by atoms with van der Waals surface area (Å²) < 4.78 is 7.10. The molecule has 24 heavy (non-hydrogen) atoms. The molecule has 2 heterocycles. The second-order valence-electron chi connectivity index (χ2n) is 5.62. The highest BCUT2D eigenvalue weighted by Gasteiger charge is 2.19. The average Bonchev–Trinajstić information content (AvgIpc) is 3.22. The molecule has 3 rings (SSSR count). The second-order valence-corrected chi connectivity index (χ2v) is 6.93. The Morgan fingerprint density at radius 3 is 3.00 bits per heavy atom. The molecule has 2 aromatic heterocycles. The van der Waals surface area contributed by atoms with Crippen LogP contribution in [0.5, 0.6) is 0 Å². The number of tetrazole rings is 1. The molecule has 0 saturated carbocycles. The highest BCUT2D eigenvalue weighted by atomic mass is 32.2. The van der Waals surface area contributed by atoms with Gasteiger partial charge in [-0.1, -0.05) is 42.4 Å². The van der Waals surface area contributed by atoms with Crippen LogP contribution in [0.1, 0.15) is 49.2 Å². The number of aryl methyl sites for hydroxylation is 2. The van der Waals surface area contributed by atoms with E-state index in [1.165, 1.54) is 11.8 Å². The molecule has 0 amide bonds. The van der Waals surface area contributed by atoms with E-state index in [9.17, 15) is 0 Å². The lowest BCUT2D eigenvalue weighted by molar-refractivity contribution is 0.374. The van der Waals surface area contributed by atoms with Gasteiger partial charge in [0.2, 0.25) is 11.0 Å². The topological polar surface area (TPSA) is 82.5 Å². The number of unbranched alkanes of at least 4 members (excludes halogenated alkanes) is 1. The first-order valence-electron chi connectivity index (χ1n) is 8.02. The number of benzene rings is 1. The first kappa shape index (κ1) is 16.6. The molecular formula is C16H20N6OS. The maximum atomic E-state index is 5.38. The van der Waals surface area contributed by atoms with Crippen LogP contribution in [0.15, 0.2) is 33.9 Å². The van der Waals surface area contributed by atoms with Crippen molar-refractivity contribution in [3.05, 3.63) is 41.5 Å². The third-order valence-corrected chi connectivity index (χ3v) is 4.58. The summed E-state index contributed by atoms with van der Waals surface area (Å²) in [5, 5.41) is 16.7. The van der Waals surface area contributed by atoms with E-state index in [-0.39, 0.29) is 5.25 Å². The number of rotatable bonds is 7. The van der Waals surface area contributed by atoms with Gasteiger partial charge in [-0.25, -0.2) is 0 Å². The van der Waals surface area contributed by atoms with Gasteiger partial charge in [0, 0.05) is 6.42 Å². The Labute approximate surface area is 144 Å². The predicted octanol–water partition coefficient (Wildman–Crippen LogP) is 3.55. The first-order chi connectivity index (χ1) is 11.7. The van der Waals surface area contributed by atoms with Crippen molar-refractivity contribution < 1.29 is 4.52 Å². The Bertz CT molecular complexity index is 799. The zero-order valence-electron chi connectivity index (χ0n) is 14.0. The van der Waals surface area contributed by atoms with Crippen LogP contribution in [-0.2, 0) is 6.42 Å². The standard InChI is InChI=1S/C16H20N6OS/c1-4-5-9-14-17-15(23-19-14)12(3)24-16-18-20-21-22(16)13-8-6-7-11(2)10-13/h6-8,10,12H,4-5,9H2,1-3H3. The van der Waals surface area contributed by atoms with Gasteiger partial charge in [0.15, 0.2) is 5.82 Å². The van der Waals surface area contributed by atoms with E-state index in [0.717, 1.165) is 36.3 Å². The smallest absolute Gasteiger partial charge is 0.239 e. The lowest BCUT2D eigenvalue weighted by atomic mass is 10.2. The molecule has 7 nitrogen and oxygen atoms in total. The highest BCUT2D eigenvalue weighted by Crippen LogP contribution is 2.33. The minimum Gasteiger partial charge on any atom is -0.338 e. The molecule has 8 heteroatoms. The maximum Gasteiger partial charge on any atom is 0.239 e. The summed E-state index contributed by atoms with van der Waals surface area (Å²) in [7, 11) is 0. The van der Waals surface area contributed by atoms with E-state index >= 15 is 0 Å². The predicted molar refractivity (Wildman–Crippen MR) is 91.1 cm³/mol. The molecule has 1 atom stereocenters. The van der Waals surface area contributed by atoms with E-state index in [4.69, 9.17) is 4.52 Å². The van der Waals surface area contributed by atoms with Gasteiger partial charge in [0.1, 0.15) is 0 Å². The molecule has 0 saturated heterocycles. The lowest BCUT2D eigenvalue weighted by Crippen LogP contribution is -2.00. The summed E-state index contributed by atoms with van der Waals surface area (Å²) in [5.41, 5.74) is 2.09. The quantitative estimate of drug-likeness (QED) is 0.606. The van der Waals surface area contributed by atoms with Crippen LogP contribution in [0.4, 0.5) is 0 Å². The monoisotopic (exact) mass is 344 g/mol. The molecular weight excluding hydrogens is 324 g/mol. The molecule has 0 radical (unpaired) electrons. The van der Waals surface area contributed by atoms with E-state index in [2.05, 4.69) is 32.6 Å². The summed E-state index contributed by atoms with van der Waals surface area (Å²) in [6.45, 7) is 6.20. The van der Waals surface area contributed by atoms with Crippen LogP contribution in [-0.4, -0.2) is 30.3 Å². The third-order valence-electron chi connectivity index (χ3n) is 3.55. The zero-order valence-corrected chi connectivity index (χ0v) is 14.8. The fourth-order valence-electron chi connectivity index (χ4n) is 2.25. The number of thioether (sulfide) groups is 1. The van der Waals surface area contributed by atoms with Crippen LogP contribution in [0.3, 0.4) is 0 Å². The van der Waals surface area contributed by atoms with Crippen LogP contribution in [0.2, 0.25) is 0 Å². The Kier molecular flexibility index (Phi) is 5.24. The van der Waals surface area contributed by atoms with Crippen LogP contribution in [0, 0.1) is 6.92 Å². The summed E-state index contributed by atoms with van der Waals surface area (Å²) in [5.74, 6) is 1.36. The normalized spacial score (nSPS) is 12.5. The van der Waals surface area contributed by atoms with E-state index in [1.54, 1.807) is 4.68 Å². The second kappa shape index (κ2) is 7.57. The van der Waals surface area contributed by atoms with Crippen molar-refractivity contribution in [2.75, 3.05) is 0 Å². The molecule has 0 aliphatic heterocycles. The number of nitrogens with zero attached hydrogens (tertiary/aromatic N) is 6. The minimum absolute atomic E-state index is 0.0255. The van der Waals surface area contributed by atoms with Gasteiger partial charge in [-0.2, -0.15) is 9.67 Å². The number of hydrogen-bond acceptors (Lipinski definition) is 7. The van der Waals surface area contributed by atoms with Gasteiger partial charge in [-0.05, 0) is 48.4 Å². The molecule has 0 N–H and O–H groups in total. The van der Waals surface area contributed by atoms with Crippen molar-refractivity contribution in [3.63, 3.8) is 0 Å². The SMILES string of the molecule is CCCCc1noc(C(C)Sc2nnnn2-c2cccc(C)c2)n1.